The van der Waals surface area contributed by atoms with Gasteiger partial charge in [-0.25, -0.2) is 34.9 Å². The number of nitrogens with one attached hydrogen (secondary N) is 6. The molecule has 0 saturated carbocycles. The zero-order valence-electron chi connectivity index (χ0n) is 83.1. The monoisotopic (exact) mass is 2050 g/mol. The Balaban J connectivity index is 0.000000108. The number of thiophene rings is 6. The molecule has 0 spiro atoms. The number of aliphatic hydroxyl groups excluding tert-OH is 1. The predicted octanol–water partition coefficient (Wildman–Crippen LogP) is 24.3. The van der Waals surface area contributed by atoms with Crippen LogP contribution in [0.1, 0.15) is 119 Å². The topological polar surface area (TPSA) is 320 Å². The fraction of sp³-hybridized carbons (Fsp3) is 0.327. The third-order valence-corrected chi connectivity index (χ3v) is 35.1. The SMILES string of the molecule is C=S(C)(=O)c1ccc(CNc2nn(CCO)c3c2sc2nc(C)cc(C)c23)cc1.Cc1cc(C)c2c(n1)sc1c(NC3CCSC3)nn(C)c12.Cc1cc(C)c2c(n1)sc1c(NCC3=CCC=C3)nn(C)c12.Cc1cc(C)c2c(n1)sc1c(NCC3=CCC=C3)nn(C)c12.Cc1cc(C)c2c(n1)sc1c(NCc3ccc(C)o3)nn(C)c12.Cc1cc(C)c2c(n1)sc1c(NCc3sc(C)nc3C)nn(C)c12. The Bertz CT molecular complexity index is 8530. The lowest BCUT2D eigenvalue weighted by molar-refractivity contribution is 0.272. The maximum Gasteiger partial charge on any atom is 0.166 e. The normalized spacial score (nSPS) is 14.0. The van der Waals surface area contributed by atoms with Gasteiger partial charge in [-0.3, -0.25) is 32.3 Å². The molecule has 1 aromatic carbocycles. The lowest BCUT2D eigenvalue weighted by Gasteiger charge is -2.09. The number of aryl methyl sites for hydroxylation is 20. The fourth-order valence-electron chi connectivity index (χ4n) is 18.9. The zero-order valence-corrected chi connectivity index (χ0v) is 90.4. The number of hydrogen-bond acceptors (Lipinski definition) is 30. The summed E-state index contributed by atoms with van der Waals surface area (Å²) >= 11 is 14.0. The first-order valence-corrected chi connectivity index (χ1v) is 55.8. The second kappa shape index (κ2) is 40.2. The van der Waals surface area contributed by atoms with Crippen molar-refractivity contribution in [1.29, 1.82) is 0 Å². The number of furan rings is 1. The lowest BCUT2D eigenvalue weighted by atomic mass is 10.1. The van der Waals surface area contributed by atoms with Crippen LogP contribution in [-0.2, 0) is 70.9 Å². The minimum Gasteiger partial charge on any atom is -0.465 e. The van der Waals surface area contributed by atoms with E-state index in [1.165, 1.54) is 130 Å². The molecule has 21 heterocycles. The highest BCUT2D eigenvalue weighted by atomic mass is 32.2. The van der Waals surface area contributed by atoms with Crippen LogP contribution in [0.25, 0.3) is 123 Å². The predicted molar refractivity (Wildman–Crippen MR) is 599 cm³/mol. The Morgan fingerprint density at radius 3 is 1.10 bits per heavy atom. The van der Waals surface area contributed by atoms with Crippen LogP contribution in [0, 0.1) is 104 Å². The molecular formula is C104H115N25O3S9. The summed E-state index contributed by atoms with van der Waals surface area (Å²) in [5, 5.41) is 66.8. The molecule has 0 radical (unpaired) electrons. The van der Waals surface area contributed by atoms with Gasteiger partial charge in [-0.2, -0.15) is 42.4 Å². The van der Waals surface area contributed by atoms with Gasteiger partial charge in [0.05, 0.1) is 98.2 Å². The fourth-order valence-corrected chi connectivity index (χ4v) is 29.3. The van der Waals surface area contributed by atoms with E-state index in [4.69, 9.17) is 39.5 Å². The minimum atomic E-state index is -2.21. The molecule has 0 bridgehead atoms. The van der Waals surface area contributed by atoms with Gasteiger partial charge in [0.1, 0.15) is 40.5 Å². The van der Waals surface area contributed by atoms with E-state index in [1.54, 1.807) is 85.6 Å². The molecule has 37 heteroatoms. The molecule has 7 N–H and O–H groups in total. The van der Waals surface area contributed by atoms with E-state index in [0.717, 1.165) is 195 Å². The van der Waals surface area contributed by atoms with Gasteiger partial charge < -0.3 is 41.4 Å². The van der Waals surface area contributed by atoms with Gasteiger partial charge in [-0.05, 0) is 255 Å². The maximum absolute atomic E-state index is 12.1. The molecule has 1 saturated heterocycles. The molecule has 3 aliphatic rings. The van der Waals surface area contributed by atoms with Gasteiger partial charge in [0.25, 0.3) is 0 Å². The first-order chi connectivity index (χ1) is 67.6. The van der Waals surface area contributed by atoms with Crippen LogP contribution in [0.3, 0.4) is 0 Å². The van der Waals surface area contributed by atoms with Crippen molar-refractivity contribution >= 4 is 264 Å². The number of allylic oxidation sites excluding steroid dienone is 4. The van der Waals surface area contributed by atoms with Gasteiger partial charge in [0.2, 0.25) is 0 Å². The number of fused-ring (bicyclic) bond motifs is 18. The highest BCUT2D eigenvalue weighted by molar-refractivity contribution is 7.99. The highest BCUT2D eigenvalue weighted by Crippen LogP contribution is 2.47. The Kier molecular flexibility index (Phi) is 27.8. The third kappa shape index (κ3) is 20.0. The van der Waals surface area contributed by atoms with Crippen LogP contribution in [-0.4, -0.2) is 152 Å². The first kappa shape index (κ1) is 97.5. The molecule has 0 amide bonds. The zero-order chi connectivity index (χ0) is 99.0. The van der Waals surface area contributed by atoms with Crippen molar-refractivity contribution in [2.45, 2.75) is 160 Å². The van der Waals surface area contributed by atoms with Gasteiger partial charge in [0, 0.05) is 149 Å². The summed E-state index contributed by atoms with van der Waals surface area (Å²) in [6, 6.07) is 24.9. The van der Waals surface area contributed by atoms with Crippen LogP contribution < -0.4 is 31.9 Å². The molecule has 28 nitrogen and oxygen atoms in total. The number of benzene rings is 1. The third-order valence-electron chi connectivity index (χ3n) is 25.1. The molecule has 1 aliphatic heterocycles. The molecule has 2 aliphatic carbocycles. The minimum absolute atomic E-state index is 0.0225. The first-order valence-electron chi connectivity index (χ1n) is 46.8. The van der Waals surface area contributed by atoms with Gasteiger partial charge in [-0.15, -0.1) is 79.4 Å². The molecule has 24 rings (SSSR count). The van der Waals surface area contributed by atoms with Crippen molar-refractivity contribution in [3.8, 4) is 0 Å². The van der Waals surface area contributed by atoms with Gasteiger partial charge in [0.15, 0.2) is 34.9 Å². The van der Waals surface area contributed by atoms with Crippen molar-refractivity contribution in [3.05, 3.63) is 221 Å². The average molecular weight is 2050 g/mol. The maximum atomic E-state index is 12.1. The number of pyridine rings is 6. The largest absolute Gasteiger partial charge is 0.465 e. The molecule has 141 heavy (non-hydrogen) atoms. The standard InChI is InChI=1S/C21H24N4O2S2.C17H19N5S2.C17H18N4OS.2C17H18N4S.C15H18N4S2/c1-13-11-14(2)23-21-17(13)18-19(28-21)20(24-25(18)9-10-26)22-12-15-5-7-16(8-6-15)29(3,4)27;1-8-6-9(2)19-17-13(8)14-15(24-17)16(21-22(14)5)18-7-12-10(3)20-11(4)23-12;1-9-7-10(2)19-17-13(9)14-15(23-17)16(20-21(14)4)18-8-12-6-5-11(3)22-12;2*1-10-8-11(2)19-17-13(10)14-15(22-17)16(20-21(14)3)18-9-12-6-4-5-7-12;1-8-6-9(2)16-15-11(8)12-13(21-15)14(18-19(12)3)17-10-4-5-20-7-10/h5-8,11,26H,3,9-10,12H2,1-2,4H3,(H,22,24);6H,7H2,1-5H3,(H,18,21);5-7H,8H2,1-4H3,(H,18,20);2*4,6-8H,5,9H2,1-3H3,(H,18,20);6,10H,4-5,7H2,1-3H3,(H,17,18). The van der Waals surface area contributed by atoms with Crippen LogP contribution in [0.15, 0.2) is 130 Å². The Hall–Kier alpha value is -12.3. The molecular weight excluding hydrogens is 1940 g/mol. The molecule has 21 aromatic rings. The van der Waals surface area contributed by atoms with Crippen LogP contribution in [0.5, 0.6) is 0 Å². The smallest absolute Gasteiger partial charge is 0.166 e. The number of hydrogen-bond donors (Lipinski definition) is 7. The van der Waals surface area contributed by atoms with Gasteiger partial charge >= 0.3 is 0 Å². The molecule has 2 unspecified atom stereocenters. The summed E-state index contributed by atoms with van der Waals surface area (Å²) in [6.45, 7) is 35.2. The highest BCUT2D eigenvalue weighted by Gasteiger charge is 2.28. The summed E-state index contributed by atoms with van der Waals surface area (Å²) in [4.78, 5) is 41.1. The van der Waals surface area contributed by atoms with Crippen molar-refractivity contribution in [2.75, 3.05) is 69.4 Å². The number of thioether (sulfide) groups is 1. The van der Waals surface area contributed by atoms with E-state index >= 15 is 0 Å². The number of rotatable bonds is 20. The Morgan fingerprint density at radius 1 is 0.418 bits per heavy atom. The number of aromatic nitrogens is 19. The summed E-state index contributed by atoms with van der Waals surface area (Å²) in [7, 11) is 7.82. The van der Waals surface area contributed by atoms with E-state index in [0.29, 0.717) is 25.7 Å². The number of anilines is 6. The van der Waals surface area contributed by atoms with E-state index in [1.807, 2.05) is 160 Å². The van der Waals surface area contributed by atoms with E-state index in [2.05, 4.69) is 196 Å². The lowest BCUT2D eigenvalue weighted by Crippen LogP contribution is -2.18. The van der Waals surface area contributed by atoms with Crippen LogP contribution in [0.2, 0.25) is 0 Å². The quantitative estimate of drug-likeness (QED) is 0.0349. The van der Waals surface area contributed by atoms with E-state index < -0.39 is 9.52 Å². The van der Waals surface area contributed by atoms with E-state index in [9.17, 15) is 9.32 Å². The summed E-state index contributed by atoms with van der Waals surface area (Å²) in [5.74, 6) is 13.5. The molecule has 1 fully saturated rings. The summed E-state index contributed by atoms with van der Waals surface area (Å²) in [6.07, 6.45) is 18.1. The van der Waals surface area contributed by atoms with Crippen LogP contribution >= 0.6 is 91.1 Å². The second-order valence-electron chi connectivity index (χ2n) is 36.6. The van der Waals surface area contributed by atoms with Gasteiger partial charge in [-0.1, -0.05) is 48.6 Å². The molecule has 2 atom stereocenters. The number of aliphatic hydroxyl groups is 1. The average Bonchev–Trinajstić information content (AvgIpc) is 1.48. The van der Waals surface area contributed by atoms with Crippen molar-refractivity contribution < 1.29 is 13.7 Å². The van der Waals surface area contributed by atoms with Crippen LogP contribution in [0.4, 0.5) is 34.9 Å². The van der Waals surface area contributed by atoms with Crippen molar-refractivity contribution in [2.24, 2.45) is 35.2 Å². The van der Waals surface area contributed by atoms with Crippen molar-refractivity contribution in [1.82, 2.24) is 93.6 Å². The molecule has 728 valence electrons. The molecule has 20 aromatic heterocycles. The van der Waals surface area contributed by atoms with E-state index in [-0.39, 0.29) is 6.61 Å². The number of nitrogens with zero attached hydrogens (tertiary/aromatic N) is 19. The summed E-state index contributed by atoms with van der Waals surface area (Å²) < 4.78 is 36.4. The summed E-state index contributed by atoms with van der Waals surface area (Å²) in [5.41, 5.74) is 25.5. The Morgan fingerprint density at radius 2 is 0.766 bits per heavy atom. The number of thiazole rings is 1. The second-order valence-corrected chi connectivity index (χ2v) is 47.5. The Labute approximate surface area is 849 Å². The van der Waals surface area contributed by atoms with Crippen molar-refractivity contribution in [3.63, 3.8) is 0 Å².